The number of likely N-dealkylation sites (tertiary alicyclic amines) is 1. The molecule has 5 rings (SSSR count). The molecule has 1 saturated heterocycles. The number of hydrogen-bond donors (Lipinski definition) is 2. The van der Waals surface area contributed by atoms with Crippen LogP contribution < -0.4 is 15.5 Å². The molecule has 0 bridgehead atoms. The van der Waals surface area contributed by atoms with Crippen molar-refractivity contribution in [2.45, 2.75) is 39.8 Å². The zero-order valence-electron chi connectivity index (χ0n) is 22.4. The van der Waals surface area contributed by atoms with Gasteiger partial charge in [-0.05, 0) is 49.7 Å². The predicted octanol–water partition coefficient (Wildman–Crippen LogP) is 4.85. The van der Waals surface area contributed by atoms with Crippen LogP contribution in [0.2, 0.25) is 0 Å². The van der Waals surface area contributed by atoms with E-state index in [0.29, 0.717) is 37.4 Å². The standard InChI is InChI=1S/C30H33N5O3S/c1-18(2)30(37)35-14-13-27(25(16-35)29-34-33-20(4)39-29)32-28(36)21-9-11-23(12-10-21)38-17-22-15-19(3)31-26-8-6-5-7-24(22)26/h5-12,15,18,25,27,33H,4,13-14,16-17H2,1-3H3,(H,32,36). The molecular weight excluding hydrogens is 510 g/mol. The number of nitrogens with zero attached hydrogens (tertiary/aromatic N) is 3. The minimum atomic E-state index is -0.161. The Balaban J connectivity index is 1.24. The minimum Gasteiger partial charge on any atom is -0.489 e. The SMILES string of the molecule is C=C1NN=C(C2CN(C(=O)C(C)C)CCC2NC(=O)c2ccc(OCc3cc(C)nc4ccccc34)cc2)S1. The number of amides is 2. The zero-order chi connectivity index (χ0) is 27.5. The molecule has 0 spiro atoms. The minimum absolute atomic E-state index is 0.0786. The highest BCUT2D eigenvalue weighted by atomic mass is 32.2. The first-order chi connectivity index (χ1) is 18.8. The number of aryl methyl sites for hydroxylation is 1. The summed E-state index contributed by atoms with van der Waals surface area (Å²) in [7, 11) is 0. The first-order valence-electron chi connectivity index (χ1n) is 13.2. The van der Waals surface area contributed by atoms with Crippen molar-refractivity contribution in [1.29, 1.82) is 0 Å². The number of hydrazone groups is 1. The van der Waals surface area contributed by atoms with Crippen LogP contribution in [0.15, 0.2) is 71.3 Å². The van der Waals surface area contributed by atoms with Gasteiger partial charge in [0.05, 0.1) is 10.5 Å². The molecule has 2 N–H and O–H groups in total. The van der Waals surface area contributed by atoms with E-state index in [9.17, 15) is 9.59 Å². The third-order valence-corrected chi connectivity index (χ3v) is 7.95. The van der Waals surface area contributed by atoms with E-state index < -0.39 is 0 Å². The van der Waals surface area contributed by atoms with Crippen LogP contribution in [0, 0.1) is 18.8 Å². The fraction of sp³-hybridized carbons (Fsp3) is 0.333. The maximum Gasteiger partial charge on any atom is 0.251 e. The van der Waals surface area contributed by atoms with E-state index in [2.05, 4.69) is 27.4 Å². The van der Waals surface area contributed by atoms with Crippen LogP contribution in [-0.2, 0) is 11.4 Å². The summed E-state index contributed by atoms with van der Waals surface area (Å²) in [5.41, 5.74) is 6.41. The lowest BCUT2D eigenvalue weighted by atomic mass is 9.91. The summed E-state index contributed by atoms with van der Waals surface area (Å²) in [5.74, 6) is 0.454. The van der Waals surface area contributed by atoms with E-state index in [1.54, 1.807) is 12.1 Å². The Morgan fingerprint density at radius 1 is 1.21 bits per heavy atom. The molecule has 202 valence electrons. The summed E-state index contributed by atoms with van der Waals surface area (Å²) in [6.45, 7) is 11.2. The fourth-order valence-corrected chi connectivity index (χ4v) is 5.84. The van der Waals surface area contributed by atoms with Crippen molar-refractivity contribution in [2.75, 3.05) is 13.1 Å². The third-order valence-electron chi connectivity index (χ3n) is 7.01. The van der Waals surface area contributed by atoms with Gasteiger partial charge in [-0.1, -0.05) is 50.4 Å². The number of pyridine rings is 1. The van der Waals surface area contributed by atoms with Gasteiger partial charge in [0, 0.05) is 53.2 Å². The number of carbonyl (C=O) groups excluding carboxylic acids is 2. The number of ether oxygens (including phenoxy) is 1. The van der Waals surface area contributed by atoms with Gasteiger partial charge in [0.1, 0.15) is 17.4 Å². The monoisotopic (exact) mass is 543 g/mol. The summed E-state index contributed by atoms with van der Waals surface area (Å²) >= 11 is 1.46. The van der Waals surface area contributed by atoms with Gasteiger partial charge < -0.3 is 15.0 Å². The third kappa shape index (κ3) is 6.09. The predicted molar refractivity (Wildman–Crippen MR) is 155 cm³/mol. The van der Waals surface area contributed by atoms with Crippen molar-refractivity contribution >= 4 is 39.5 Å². The Morgan fingerprint density at radius 2 is 1.97 bits per heavy atom. The van der Waals surface area contributed by atoms with Crippen molar-refractivity contribution in [3.63, 3.8) is 0 Å². The first-order valence-corrected chi connectivity index (χ1v) is 14.0. The van der Waals surface area contributed by atoms with Crippen LogP contribution in [0.3, 0.4) is 0 Å². The average Bonchev–Trinajstić information content (AvgIpc) is 3.37. The van der Waals surface area contributed by atoms with E-state index >= 15 is 0 Å². The normalized spacial score (nSPS) is 19.1. The van der Waals surface area contributed by atoms with Crippen molar-refractivity contribution in [2.24, 2.45) is 16.9 Å². The zero-order valence-corrected chi connectivity index (χ0v) is 23.3. The molecule has 9 heteroatoms. The molecule has 3 aromatic rings. The topological polar surface area (TPSA) is 95.9 Å². The lowest BCUT2D eigenvalue weighted by Crippen LogP contribution is -2.55. The second kappa shape index (κ2) is 11.5. The van der Waals surface area contributed by atoms with E-state index in [1.807, 2.05) is 68.1 Å². The van der Waals surface area contributed by atoms with Gasteiger partial charge in [0.2, 0.25) is 5.91 Å². The number of thioether (sulfide) groups is 1. The summed E-state index contributed by atoms with van der Waals surface area (Å²) < 4.78 is 6.06. The molecular formula is C30H33N5O3S. The highest BCUT2D eigenvalue weighted by Gasteiger charge is 2.38. The molecule has 2 aliphatic heterocycles. The molecule has 2 unspecified atom stereocenters. The largest absolute Gasteiger partial charge is 0.489 e. The molecule has 2 aliphatic rings. The van der Waals surface area contributed by atoms with E-state index in [4.69, 9.17) is 4.74 Å². The summed E-state index contributed by atoms with van der Waals surface area (Å²) in [4.78, 5) is 32.4. The molecule has 1 aromatic heterocycles. The number of hydrogen-bond acceptors (Lipinski definition) is 7. The van der Waals surface area contributed by atoms with E-state index in [0.717, 1.165) is 32.2 Å². The van der Waals surface area contributed by atoms with Crippen molar-refractivity contribution in [1.82, 2.24) is 20.6 Å². The summed E-state index contributed by atoms with van der Waals surface area (Å²) in [5, 5.41) is 10.3. The molecule has 2 amide bonds. The molecule has 8 nitrogen and oxygen atoms in total. The summed E-state index contributed by atoms with van der Waals surface area (Å²) in [6.07, 6.45) is 0.654. The lowest BCUT2D eigenvalue weighted by molar-refractivity contribution is -0.136. The van der Waals surface area contributed by atoms with Crippen molar-refractivity contribution in [3.8, 4) is 5.75 Å². The van der Waals surface area contributed by atoms with Gasteiger partial charge in [-0.2, -0.15) is 5.10 Å². The van der Waals surface area contributed by atoms with Gasteiger partial charge in [0.15, 0.2) is 0 Å². The Labute approximate surface area is 232 Å². The molecule has 2 atom stereocenters. The van der Waals surface area contributed by atoms with Crippen LogP contribution in [0.5, 0.6) is 5.75 Å². The van der Waals surface area contributed by atoms with Gasteiger partial charge in [-0.3, -0.25) is 20.0 Å². The number of benzene rings is 2. The molecule has 0 saturated carbocycles. The number of rotatable bonds is 7. The molecule has 3 heterocycles. The smallest absolute Gasteiger partial charge is 0.251 e. The second-order valence-corrected chi connectivity index (χ2v) is 11.4. The van der Waals surface area contributed by atoms with Gasteiger partial charge >= 0.3 is 0 Å². The Kier molecular flexibility index (Phi) is 7.88. The lowest BCUT2D eigenvalue weighted by Gasteiger charge is -2.39. The number of nitrogens with one attached hydrogen (secondary N) is 2. The molecule has 1 fully saturated rings. The van der Waals surface area contributed by atoms with E-state index in [-0.39, 0.29) is 29.7 Å². The van der Waals surface area contributed by atoms with Gasteiger partial charge in [-0.25, -0.2) is 0 Å². The van der Waals surface area contributed by atoms with Crippen LogP contribution >= 0.6 is 11.8 Å². The maximum atomic E-state index is 13.2. The molecule has 39 heavy (non-hydrogen) atoms. The van der Waals surface area contributed by atoms with Crippen LogP contribution in [0.4, 0.5) is 0 Å². The first kappa shape index (κ1) is 26.7. The number of piperidine rings is 1. The molecule has 2 aromatic carbocycles. The van der Waals surface area contributed by atoms with Crippen LogP contribution in [-0.4, -0.2) is 45.9 Å². The average molecular weight is 544 g/mol. The van der Waals surface area contributed by atoms with Crippen LogP contribution in [0.25, 0.3) is 10.9 Å². The number of fused-ring (bicyclic) bond motifs is 1. The van der Waals surface area contributed by atoms with Gasteiger partial charge in [-0.15, -0.1) is 0 Å². The highest BCUT2D eigenvalue weighted by Crippen LogP contribution is 2.31. The fourth-order valence-electron chi connectivity index (χ4n) is 5.02. The van der Waals surface area contributed by atoms with Crippen LogP contribution in [0.1, 0.15) is 41.9 Å². The molecule has 0 aliphatic carbocycles. The van der Waals surface area contributed by atoms with E-state index in [1.165, 1.54) is 11.8 Å². The number of para-hydroxylation sites is 1. The Morgan fingerprint density at radius 3 is 2.69 bits per heavy atom. The number of aromatic nitrogens is 1. The maximum absolute atomic E-state index is 13.2. The van der Waals surface area contributed by atoms with Crippen molar-refractivity contribution < 1.29 is 14.3 Å². The summed E-state index contributed by atoms with van der Waals surface area (Å²) in [6, 6.07) is 17.1. The van der Waals surface area contributed by atoms with Gasteiger partial charge in [0.25, 0.3) is 5.91 Å². The van der Waals surface area contributed by atoms with Crippen molar-refractivity contribution in [3.05, 3.63) is 83.0 Å². The highest BCUT2D eigenvalue weighted by molar-refractivity contribution is 8.17. The number of carbonyl (C=O) groups is 2. The second-order valence-electron chi connectivity index (χ2n) is 10.3. The Bertz CT molecular complexity index is 1440. The Hall–Kier alpha value is -3.85. The molecule has 0 radical (unpaired) electrons. The quantitative estimate of drug-likeness (QED) is 0.443.